The van der Waals surface area contributed by atoms with Gasteiger partial charge in [-0.25, -0.2) is 9.37 Å². The van der Waals surface area contributed by atoms with Gasteiger partial charge in [0.25, 0.3) is 0 Å². The Morgan fingerprint density at radius 1 is 1.06 bits per heavy atom. The predicted molar refractivity (Wildman–Crippen MR) is 118 cm³/mol. The second-order valence-corrected chi connectivity index (χ2v) is 8.29. The normalized spacial score (nSPS) is 16.3. The first-order valence-corrected chi connectivity index (χ1v) is 10.8. The quantitative estimate of drug-likeness (QED) is 0.505. The number of fused-ring (bicyclic) bond motifs is 1. The number of aromatic nitrogens is 2. The lowest BCUT2D eigenvalue weighted by Gasteiger charge is -2.27. The van der Waals surface area contributed by atoms with Crippen LogP contribution in [0.1, 0.15) is 23.6 Å². The first kappa shape index (κ1) is 24.5. The van der Waals surface area contributed by atoms with Gasteiger partial charge in [-0.05, 0) is 36.8 Å². The molecule has 1 aliphatic rings. The minimum atomic E-state index is -4.49. The molecule has 1 saturated heterocycles. The number of carboxylic acid groups (broad SMARTS) is 2. The van der Waals surface area contributed by atoms with Crippen molar-refractivity contribution in [1.29, 1.82) is 0 Å². The number of halogens is 4. The number of benzene rings is 1. The Kier molecular flexibility index (Phi) is 6.66. The summed E-state index contributed by atoms with van der Waals surface area (Å²) in [7, 11) is 0. The van der Waals surface area contributed by atoms with Crippen LogP contribution in [0.5, 0.6) is 0 Å². The molecule has 8 nitrogen and oxygen atoms in total. The van der Waals surface area contributed by atoms with Crippen molar-refractivity contribution in [2.45, 2.75) is 25.2 Å². The fourth-order valence-electron chi connectivity index (χ4n) is 4.44. The summed E-state index contributed by atoms with van der Waals surface area (Å²) in [6.07, 6.45) is -1.76. The molecule has 3 heterocycles. The van der Waals surface area contributed by atoms with E-state index in [4.69, 9.17) is 0 Å². The van der Waals surface area contributed by atoms with Crippen LogP contribution in [0, 0.1) is 5.82 Å². The highest BCUT2D eigenvalue weighted by molar-refractivity contribution is 5.90. The zero-order valence-electron chi connectivity index (χ0n) is 18.4. The molecule has 0 saturated carbocycles. The van der Waals surface area contributed by atoms with E-state index in [0.717, 1.165) is 12.3 Å². The van der Waals surface area contributed by atoms with Crippen LogP contribution in [0.25, 0.3) is 10.9 Å². The Bertz CT molecular complexity index is 1240. The number of nitrogens with zero attached hydrogens (tertiary/aromatic N) is 4. The van der Waals surface area contributed by atoms with Crippen LogP contribution in [0.15, 0.2) is 42.7 Å². The Balaban J connectivity index is 1.61. The van der Waals surface area contributed by atoms with Crippen LogP contribution >= 0.6 is 0 Å². The minimum absolute atomic E-state index is 0.270. The smallest absolute Gasteiger partial charge is 0.417 e. The number of pyridine rings is 1. The lowest BCUT2D eigenvalue weighted by Crippen LogP contribution is -2.37. The summed E-state index contributed by atoms with van der Waals surface area (Å²) in [6.45, 7) is 0.977. The SMILES string of the molecule is O=C(O)Cn1cc([C@@H](C(=O)O)N2CCCN(c3ccc(C(F)(F)F)cn3)CC2)c2ccc(F)cc21. The molecule has 12 heteroatoms. The van der Waals surface area contributed by atoms with Gasteiger partial charge in [-0.2, -0.15) is 13.2 Å². The standard InChI is InChI=1S/C23H22F4N4O4/c24-15-3-4-16-17(12-31(13-20(32)33)18(16)10-15)21(22(34)35)30-7-1-6-29(8-9-30)19-5-2-14(11-28-19)23(25,26)27/h2-5,10-12,21H,1,6-9,13H2,(H,32,33)(H,34,35)/t21-/m0/s1. The van der Waals surface area contributed by atoms with Crippen molar-refractivity contribution < 1.29 is 37.4 Å². The molecule has 2 aromatic heterocycles. The molecule has 0 spiro atoms. The summed E-state index contributed by atoms with van der Waals surface area (Å²) in [6, 6.07) is 4.92. The van der Waals surface area contributed by atoms with Gasteiger partial charge in [-0.15, -0.1) is 0 Å². The zero-order chi connectivity index (χ0) is 25.3. The molecule has 0 radical (unpaired) electrons. The van der Waals surface area contributed by atoms with Crippen molar-refractivity contribution in [2.75, 3.05) is 31.1 Å². The highest BCUT2D eigenvalue weighted by atomic mass is 19.4. The van der Waals surface area contributed by atoms with Crippen molar-refractivity contribution in [1.82, 2.24) is 14.5 Å². The molecule has 0 aliphatic carbocycles. The Hall–Kier alpha value is -3.67. The van der Waals surface area contributed by atoms with Gasteiger partial charge in [0, 0.05) is 49.5 Å². The largest absolute Gasteiger partial charge is 0.480 e. The molecular weight excluding hydrogens is 472 g/mol. The molecule has 3 aromatic rings. The van der Waals surface area contributed by atoms with E-state index in [9.17, 15) is 37.4 Å². The number of anilines is 1. The summed E-state index contributed by atoms with van der Waals surface area (Å²) in [4.78, 5) is 31.1. The third-order valence-electron chi connectivity index (χ3n) is 6.00. The molecule has 1 atom stereocenters. The summed E-state index contributed by atoms with van der Waals surface area (Å²) in [5, 5.41) is 19.8. The number of alkyl halides is 3. The number of carbonyl (C=O) groups is 2. The first-order chi connectivity index (χ1) is 16.5. The molecule has 1 aromatic carbocycles. The summed E-state index contributed by atoms with van der Waals surface area (Å²) in [5.74, 6) is -2.51. The molecule has 186 valence electrons. The van der Waals surface area contributed by atoms with Gasteiger partial charge in [0.05, 0.1) is 11.1 Å². The number of carboxylic acids is 2. The van der Waals surface area contributed by atoms with E-state index in [0.29, 0.717) is 42.8 Å². The summed E-state index contributed by atoms with van der Waals surface area (Å²) >= 11 is 0. The third-order valence-corrected chi connectivity index (χ3v) is 6.00. The van der Waals surface area contributed by atoms with Crippen LogP contribution in [0.4, 0.5) is 23.4 Å². The lowest BCUT2D eigenvalue weighted by molar-refractivity contribution is -0.143. The second kappa shape index (κ2) is 9.53. The van der Waals surface area contributed by atoms with Crippen molar-refractivity contribution in [3.63, 3.8) is 0 Å². The van der Waals surface area contributed by atoms with E-state index in [1.54, 1.807) is 9.80 Å². The third kappa shape index (κ3) is 5.21. The Morgan fingerprint density at radius 3 is 2.46 bits per heavy atom. The zero-order valence-corrected chi connectivity index (χ0v) is 18.4. The monoisotopic (exact) mass is 494 g/mol. The molecule has 0 bridgehead atoms. The summed E-state index contributed by atoms with van der Waals surface area (Å²) in [5.41, 5.74) is -0.230. The predicted octanol–water partition coefficient (Wildman–Crippen LogP) is 3.62. The van der Waals surface area contributed by atoms with Gasteiger partial charge < -0.3 is 19.7 Å². The van der Waals surface area contributed by atoms with Crippen LogP contribution in [0.3, 0.4) is 0 Å². The van der Waals surface area contributed by atoms with Gasteiger partial charge in [0.15, 0.2) is 0 Å². The number of hydrogen-bond donors (Lipinski definition) is 2. The first-order valence-electron chi connectivity index (χ1n) is 10.8. The molecule has 4 rings (SSSR count). The molecule has 2 N–H and O–H groups in total. The maximum atomic E-state index is 13.9. The highest BCUT2D eigenvalue weighted by Gasteiger charge is 2.33. The maximum absolute atomic E-state index is 13.9. The van der Waals surface area contributed by atoms with E-state index < -0.39 is 42.1 Å². The van der Waals surface area contributed by atoms with Crippen LogP contribution < -0.4 is 4.90 Å². The Morgan fingerprint density at radius 2 is 1.83 bits per heavy atom. The van der Waals surface area contributed by atoms with Crippen LogP contribution in [-0.4, -0.2) is 62.8 Å². The minimum Gasteiger partial charge on any atom is -0.480 e. The van der Waals surface area contributed by atoms with E-state index in [2.05, 4.69) is 4.98 Å². The van der Waals surface area contributed by atoms with E-state index in [1.165, 1.54) is 35.0 Å². The number of rotatable bonds is 6. The molecule has 0 amide bonds. The lowest BCUT2D eigenvalue weighted by atomic mass is 10.0. The Labute approximate surface area is 197 Å². The second-order valence-electron chi connectivity index (χ2n) is 8.29. The molecular formula is C23H22F4N4O4. The molecule has 1 aliphatic heterocycles. The summed E-state index contributed by atoms with van der Waals surface area (Å²) < 4.78 is 53.7. The topological polar surface area (TPSA) is 98.9 Å². The van der Waals surface area contributed by atoms with Crippen molar-refractivity contribution in [3.8, 4) is 0 Å². The van der Waals surface area contributed by atoms with Crippen LogP contribution in [-0.2, 0) is 22.3 Å². The van der Waals surface area contributed by atoms with Gasteiger partial charge in [-0.3, -0.25) is 14.5 Å². The van der Waals surface area contributed by atoms with Crippen LogP contribution in [0.2, 0.25) is 0 Å². The number of hydrogen-bond acceptors (Lipinski definition) is 5. The maximum Gasteiger partial charge on any atom is 0.417 e. The average molecular weight is 494 g/mol. The molecule has 35 heavy (non-hydrogen) atoms. The van der Waals surface area contributed by atoms with Crippen molar-refractivity contribution >= 4 is 28.7 Å². The van der Waals surface area contributed by atoms with E-state index in [-0.39, 0.29) is 12.1 Å². The average Bonchev–Trinajstić information content (AvgIpc) is 2.95. The molecule has 1 fully saturated rings. The van der Waals surface area contributed by atoms with Crippen molar-refractivity contribution in [3.05, 3.63) is 59.7 Å². The highest BCUT2D eigenvalue weighted by Crippen LogP contribution is 2.33. The van der Waals surface area contributed by atoms with Gasteiger partial charge >= 0.3 is 18.1 Å². The van der Waals surface area contributed by atoms with Crippen molar-refractivity contribution in [2.24, 2.45) is 0 Å². The van der Waals surface area contributed by atoms with Gasteiger partial charge in [-0.1, -0.05) is 0 Å². The van der Waals surface area contributed by atoms with Gasteiger partial charge in [0.1, 0.15) is 24.2 Å². The van der Waals surface area contributed by atoms with Gasteiger partial charge in [0.2, 0.25) is 0 Å². The number of aliphatic carboxylic acids is 2. The van der Waals surface area contributed by atoms with E-state index in [1.807, 2.05) is 0 Å². The fourth-order valence-corrected chi connectivity index (χ4v) is 4.44. The molecule has 0 unspecified atom stereocenters. The fraction of sp³-hybridized carbons (Fsp3) is 0.348. The van der Waals surface area contributed by atoms with E-state index >= 15 is 0 Å².